The summed E-state index contributed by atoms with van der Waals surface area (Å²) in [4.78, 5) is 38.6. The normalized spacial score (nSPS) is 19.6. The number of likely N-dealkylation sites (tertiary alicyclic amines) is 1. The van der Waals surface area contributed by atoms with Gasteiger partial charge in [-0.1, -0.05) is 24.6 Å². The van der Waals surface area contributed by atoms with Gasteiger partial charge in [0.15, 0.2) is 0 Å². The minimum absolute atomic E-state index is 0.0205. The van der Waals surface area contributed by atoms with Gasteiger partial charge in [0.25, 0.3) is 5.91 Å². The molecule has 2 aliphatic rings. The highest BCUT2D eigenvalue weighted by molar-refractivity contribution is 5.94. The zero-order valence-electron chi connectivity index (χ0n) is 19.1. The van der Waals surface area contributed by atoms with Crippen LogP contribution in [0.25, 0.3) is 0 Å². The number of aromatic nitrogens is 2. The van der Waals surface area contributed by atoms with Crippen LogP contribution in [0.2, 0.25) is 0 Å². The number of hydrogen-bond donors (Lipinski definition) is 1. The molecule has 0 bridgehead atoms. The molecule has 0 aliphatic carbocycles. The maximum atomic E-state index is 13.0. The molecule has 2 amide bonds. The van der Waals surface area contributed by atoms with Crippen molar-refractivity contribution in [2.24, 2.45) is 5.92 Å². The largest absolute Gasteiger partial charge is 0.356 e. The molecule has 7 heteroatoms. The van der Waals surface area contributed by atoms with Crippen LogP contribution in [0, 0.1) is 12.8 Å². The van der Waals surface area contributed by atoms with Crippen LogP contribution in [0.1, 0.15) is 54.2 Å². The fourth-order valence-corrected chi connectivity index (χ4v) is 4.58. The van der Waals surface area contributed by atoms with Gasteiger partial charge < -0.3 is 15.1 Å². The van der Waals surface area contributed by atoms with Crippen LogP contribution in [-0.2, 0) is 11.2 Å². The number of carbonyl (C=O) groups excluding carboxylic acids is 2. The standard InChI is InChI=1S/C25H33N5O2/c1-3-21-15-23(27-17-26-21)29-13-10-22(11-14-29)28-24(31)20-5-4-12-30(16-20)25(32)19-8-6-18(2)7-9-19/h6-9,15,17,20,22H,3-5,10-14,16H2,1-2H3,(H,28,31). The van der Waals surface area contributed by atoms with Crippen LogP contribution >= 0.6 is 0 Å². The number of amides is 2. The van der Waals surface area contributed by atoms with Gasteiger partial charge in [-0.2, -0.15) is 0 Å². The summed E-state index contributed by atoms with van der Waals surface area (Å²) < 4.78 is 0. The van der Waals surface area contributed by atoms with E-state index >= 15 is 0 Å². The number of aryl methyl sites for hydroxylation is 2. The van der Waals surface area contributed by atoms with Crippen molar-refractivity contribution in [2.45, 2.75) is 52.0 Å². The summed E-state index contributed by atoms with van der Waals surface area (Å²) in [5.41, 5.74) is 2.88. The van der Waals surface area contributed by atoms with Gasteiger partial charge in [-0.15, -0.1) is 0 Å². The number of benzene rings is 1. The van der Waals surface area contributed by atoms with Crippen molar-refractivity contribution in [1.29, 1.82) is 0 Å². The van der Waals surface area contributed by atoms with E-state index in [0.717, 1.165) is 62.3 Å². The molecule has 2 aliphatic heterocycles. The lowest BCUT2D eigenvalue weighted by Crippen LogP contribution is -2.50. The van der Waals surface area contributed by atoms with Crippen molar-refractivity contribution in [3.8, 4) is 0 Å². The van der Waals surface area contributed by atoms with Gasteiger partial charge in [-0.3, -0.25) is 9.59 Å². The van der Waals surface area contributed by atoms with E-state index in [0.29, 0.717) is 18.7 Å². The van der Waals surface area contributed by atoms with Gasteiger partial charge in [-0.05, 0) is 51.2 Å². The summed E-state index contributed by atoms with van der Waals surface area (Å²) >= 11 is 0. The third kappa shape index (κ3) is 5.26. The van der Waals surface area contributed by atoms with Crippen molar-refractivity contribution < 1.29 is 9.59 Å². The predicted molar refractivity (Wildman–Crippen MR) is 125 cm³/mol. The molecule has 0 saturated carbocycles. The van der Waals surface area contributed by atoms with E-state index < -0.39 is 0 Å². The first-order chi connectivity index (χ1) is 15.5. The first kappa shape index (κ1) is 22.2. The Balaban J connectivity index is 1.28. The summed E-state index contributed by atoms with van der Waals surface area (Å²) in [6, 6.07) is 9.89. The number of hydrogen-bond acceptors (Lipinski definition) is 5. The molecule has 1 N–H and O–H groups in total. The van der Waals surface area contributed by atoms with Crippen LogP contribution in [0.3, 0.4) is 0 Å². The molecule has 4 rings (SSSR count). The molecule has 2 fully saturated rings. The summed E-state index contributed by atoms with van der Waals surface area (Å²) in [6.45, 7) is 7.05. The third-order valence-electron chi connectivity index (χ3n) is 6.61. The van der Waals surface area contributed by atoms with E-state index in [1.165, 1.54) is 0 Å². The average molecular weight is 436 g/mol. The molecule has 0 spiro atoms. The molecule has 2 aromatic rings. The van der Waals surface area contributed by atoms with Crippen LogP contribution < -0.4 is 10.2 Å². The average Bonchev–Trinajstić information content (AvgIpc) is 2.84. The minimum atomic E-state index is -0.134. The van der Waals surface area contributed by atoms with Gasteiger partial charge in [0.2, 0.25) is 5.91 Å². The minimum Gasteiger partial charge on any atom is -0.356 e. The molecule has 170 valence electrons. The Labute approximate surface area is 190 Å². The Hall–Kier alpha value is -2.96. The summed E-state index contributed by atoms with van der Waals surface area (Å²) in [5, 5.41) is 3.25. The molecular formula is C25H33N5O2. The second-order valence-corrected chi connectivity index (χ2v) is 8.95. The highest BCUT2D eigenvalue weighted by Gasteiger charge is 2.31. The maximum Gasteiger partial charge on any atom is 0.253 e. The van der Waals surface area contributed by atoms with Crippen molar-refractivity contribution >= 4 is 17.6 Å². The molecule has 1 unspecified atom stereocenters. The van der Waals surface area contributed by atoms with E-state index in [4.69, 9.17) is 0 Å². The van der Waals surface area contributed by atoms with E-state index in [2.05, 4.69) is 33.2 Å². The second kappa shape index (κ2) is 10.1. The van der Waals surface area contributed by atoms with Crippen molar-refractivity contribution in [1.82, 2.24) is 20.2 Å². The molecule has 1 aromatic carbocycles. The monoisotopic (exact) mass is 435 g/mol. The lowest BCUT2D eigenvalue weighted by Gasteiger charge is -2.36. The van der Waals surface area contributed by atoms with E-state index in [1.807, 2.05) is 36.1 Å². The number of nitrogens with zero attached hydrogens (tertiary/aromatic N) is 4. The van der Waals surface area contributed by atoms with Gasteiger partial charge in [0.05, 0.1) is 5.92 Å². The number of piperidine rings is 2. The first-order valence-electron chi connectivity index (χ1n) is 11.8. The Kier molecular flexibility index (Phi) is 7.02. The predicted octanol–water partition coefficient (Wildman–Crippen LogP) is 2.98. The van der Waals surface area contributed by atoms with E-state index in [1.54, 1.807) is 6.33 Å². The van der Waals surface area contributed by atoms with Crippen LogP contribution in [0.15, 0.2) is 36.7 Å². The maximum absolute atomic E-state index is 13.0. The number of anilines is 1. The molecule has 32 heavy (non-hydrogen) atoms. The van der Waals surface area contributed by atoms with Gasteiger partial charge >= 0.3 is 0 Å². The van der Waals surface area contributed by atoms with E-state index in [9.17, 15) is 9.59 Å². The van der Waals surface area contributed by atoms with Crippen molar-refractivity contribution in [3.05, 3.63) is 53.5 Å². The Morgan fingerprint density at radius 2 is 1.81 bits per heavy atom. The molecule has 3 heterocycles. The quantitative estimate of drug-likeness (QED) is 0.781. The summed E-state index contributed by atoms with van der Waals surface area (Å²) in [6.07, 6.45) is 6.03. The van der Waals surface area contributed by atoms with E-state index in [-0.39, 0.29) is 23.8 Å². The van der Waals surface area contributed by atoms with Gasteiger partial charge in [-0.25, -0.2) is 9.97 Å². The highest BCUT2D eigenvalue weighted by Crippen LogP contribution is 2.22. The van der Waals surface area contributed by atoms with Crippen LogP contribution in [0.5, 0.6) is 0 Å². The van der Waals surface area contributed by atoms with Crippen molar-refractivity contribution in [2.75, 3.05) is 31.1 Å². The molecule has 0 radical (unpaired) electrons. The lowest BCUT2D eigenvalue weighted by atomic mass is 9.95. The molecule has 7 nitrogen and oxygen atoms in total. The first-order valence-corrected chi connectivity index (χ1v) is 11.8. The van der Waals surface area contributed by atoms with Crippen LogP contribution in [0.4, 0.5) is 5.82 Å². The fraction of sp³-hybridized carbons (Fsp3) is 0.520. The zero-order chi connectivity index (χ0) is 22.5. The lowest BCUT2D eigenvalue weighted by molar-refractivity contribution is -0.127. The Morgan fingerprint density at radius 1 is 1.06 bits per heavy atom. The number of nitrogens with one attached hydrogen (secondary N) is 1. The number of rotatable bonds is 5. The molecule has 1 atom stereocenters. The Bertz CT molecular complexity index is 938. The van der Waals surface area contributed by atoms with Crippen LogP contribution in [-0.4, -0.2) is 58.9 Å². The number of carbonyl (C=O) groups is 2. The molecule has 1 aromatic heterocycles. The van der Waals surface area contributed by atoms with Crippen molar-refractivity contribution in [3.63, 3.8) is 0 Å². The van der Waals surface area contributed by atoms with Gasteiger partial charge in [0, 0.05) is 49.5 Å². The highest BCUT2D eigenvalue weighted by atomic mass is 16.2. The summed E-state index contributed by atoms with van der Waals surface area (Å²) in [7, 11) is 0. The molecular weight excluding hydrogens is 402 g/mol. The third-order valence-corrected chi connectivity index (χ3v) is 6.61. The topological polar surface area (TPSA) is 78.4 Å². The SMILES string of the molecule is CCc1cc(N2CCC(NC(=O)C3CCCN(C(=O)c4ccc(C)cc4)C3)CC2)ncn1. The summed E-state index contributed by atoms with van der Waals surface area (Å²) in [5.74, 6) is 0.941. The fourth-order valence-electron chi connectivity index (χ4n) is 4.58. The second-order valence-electron chi connectivity index (χ2n) is 8.95. The smallest absolute Gasteiger partial charge is 0.253 e. The zero-order valence-corrected chi connectivity index (χ0v) is 19.1. The van der Waals surface area contributed by atoms with Gasteiger partial charge in [0.1, 0.15) is 12.1 Å². The molecule has 2 saturated heterocycles. The Morgan fingerprint density at radius 3 is 2.53 bits per heavy atom.